The van der Waals surface area contributed by atoms with E-state index >= 15 is 0 Å². The Morgan fingerprint density at radius 1 is 1.28 bits per heavy atom. The van der Waals surface area contributed by atoms with Crippen LogP contribution in [0.2, 0.25) is 0 Å². The molecule has 0 aliphatic heterocycles. The molecular weight excluding hydrogens is 246 g/mol. The molecule has 0 saturated heterocycles. The van der Waals surface area contributed by atoms with Gasteiger partial charge in [-0.05, 0) is 37.3 Å². The fourth-order valence-electron chi connectivity index (χ4n) is 2.77. The van der Waals surface area contributed by atoms with Crippen LogP contribution in [0.1, 0.15) is 31.2 Å². The van der Waals surface area contributed by atoms with Crippen LogP contribution in [-0.2, 0) is 9.84 Å². The summed E-state index contributed by atoms with van der Waals surface area (Å²) < 4.78 is 24.7. The lowest BCUT2D eigenvalue weighted by atomic mass is 10.0. The van der Waals surface area contributed by atoms with Crippen molar-refractivity contribution in [3.05, 3.63) is 29.8 Å². The molecule has 2 rings (SSSR count). The van der Waals surface area contributed by atoms with Crippen molar-refractivity contribution in [2.45, 2.75) is 43.5 Å². The Balaban J connectivity index is 2.14. The van der Waals surface area contributed by atoms with Gasteiger partial charge < -0.3 is 5.73 Å². The first-order chi connectivity index (χ1) is 8.50. The van der Waals surface area contributed by atoms with E-state index in [-0.39, 0.29) is 11.8 Å². The number of aryl methyl sites for hydroxylation is 1. The molecule has 0 bridgehead atoms. The maximum Gasteiger partial charge on any atom is 0.180 e. The van der Waals surface area contributed by atoms with Crippen molar-refractivity contribution in [3.63, 3.8) is 0 Å². The Hall–Kier alpha value is -0.870. The average molecular weight is 267 g/mol. The largest absolute Gasteiger partial charge is 0.327 e. The first-order valence-electron chi connectivity index (χ1n) is 6.54. The van der Waals surface area contributed by atoms with Gasteiger partial charge in [0.15, 0.2) is 9.84 Å². The molecule has 1 atom stereocenters. The van der Waals surface area contributed by atoms with E-state index in [4.69, 9.17) is 5.73 Å². The van der Waals surface area contributed by atoms with Crippen molar-refractivity contribution in [3.8, 4) is 0 Å². The topological polar surface area (TPSA) is 60.2 Å². The minimum atomic E-state index is -3.25. The second-order valence-corrected chi connectivity index (χ2v) is 7.26. The number of hydrogen-bond donors (Lipinski definition) is 1. The maximum atomic E-state index is 12.3. The summed E-state index contributed by atoms with van der Waals surface area (Å²) in [5.74, 6) is 0.450. The van der Waals surface area contributed by atoms with E-state index in [2.05, 4.69) is 0 Å². The molecule has 1 aliphatic rings. The van der Waals surface area contributed by atoms with Gasteiger partial charge in [-0.2, -0.15) is 0 Å². The zero-order valence-electron chi connectivity index (χ0n) is 10.8. The molecule has 3 nitrogen and oxygen atoms in total. The van der Waals surface area contributed by atoms with E-state index in [1.54, 1.807) is 12.1 Å². The molecule has 0 amide bonds. The summed E-state index contributed by atoms with van der Waals surface area (Å²) in [6, 6.07) is 6.89. The molecule has 1 aromatic carbocycles. The first-order valence-corrected chi connectivity index (χ1v) is 8.20. The van der Waals surface area contributed by atoms with Crippen LogP contribution in [-0.4, -0.2) is 20.2 Å². The van der Waals surface area contributed by atoms with E-state index in [0.29, 0.717) is 10.8 Å². The molecule has 100 valence electrons. The van der Waals surface area contributed by atoms with Gasteiger partial charge in [-0.15, -0.1) is 0 Å². The van der Waals surface area contributed by atoms with Crippen molar-refractivity contribution in [2.24, 2.45) is 11.7 Å². The Kier molecular flexibility index (Phi) is 4.07. The van der Waals surface area contributed by atoms with Crippen molar-refractivity contribution in [1.82, 2.24) is 0 Å². The van der Waals surface area contributed by atoms with Crippen molar-refractivity contribution in [1.29, 1.82) is 0 Å². The third kappa shape index (κ3) is 2.93. The number of nitrogens with two attached hydrogens (primary N) is 1. The molecule has 1 fully saturated rings. The monoisotopic (exact) mass is 267 g/mol. The molecule has 1 saturated carbocycles. The minimum Gasteiger partial charge on any atom is -0.327 e. The van der Waals surface area contributed by atoms with Crippen molar-refractivity contribution in [2.75, 3.05) is 5.75 Å². The van der Waals surface area contributed by atoms with Crippen LogP contribution in [0, 0.1) is 12.8 Å². The van der Waals surface area contributed by atoms with E-state index in [0.717, 1.165) is 18.4 Å². The molecule has 0 spiro atoms. The second kappa shape index (κ2) is 5.41. The highest BCUT2D eigenvalue weighted by Crippen LogP contribution is 2.28. The fourth-order valence-corrected chi connectivity index (χ4v) is 4.57. The molecule has 2 N–H and O–H groups in total. The van der Waals surface area contributed by atoms with Crippen LogP contribution in [0.3, 0.4) is 0 Å². The number of hydrogen-bond acceptors (Lipinski definition) is 3. The molecule has 1 aliphatic carbocycles. The quantitative estimate of drug-likeness (QED) is 0.910. The highest BCUT2D eigenvalue weighted by molar-refractivity contribution is 7.91. The van der Waals surface area contributed by atoms with Crippen molar-refractivity contribution < 1.29 is 8.42 Å². The maximum absolute atomic E-state index is 12.3. The Morgan fingerprint density at radius 2 is 1.89 bits per heavy atom. The third-order valence-electron chi connectivity index (χ3n) is 3.85. The predicted molar refractivity (Wildman–Crippen MR) is 73.2 cm³/mol. The van der Waals surface area contributed by atoms with Crippen LogP contribution in [0.4, 0.5) is 0 Å². The second-order valence-electron chi connectivity index (χ2n) is 5.26. The van der Waals surface area contributed by atoms with Gasteiger partial charge in [0.25, 0.3) is 0 Å². The van der Waals surface area contributed by atoms with E-state index in [1.165, 1.54) is 12.8 Å². The SMILES string of the molecule is Cc1ccccc1S(=O)(=O)CC(N)C1CCCC1. The predicted octanol–water partition coefficient (Wildman–Crippen LogP) is 2.29. The van der Waals surface area contributed by atoms with Gasteiger partial charge in [0.1, 0.15) is 0 Å². The van der Waals surface area contributed by atoms with E-state index in [1.807, 2.05) is 19.1 Å². The molecule has 1 unspecified atom stereocenters. The standard InChI is InChI=1S/C14H21NO2S/c1-11-6-2-5-9-14(11)18(16,17)10-13(15)12-7-3-4-8-12/h2,5-6,9,12-13H,3-4,7-8,10,15H2,1H3. The minimum absolute atomic E-state index is 0.0719. The molecule has 4 heteroatoms. The van der Waals surface area contributed by atoms with E-state index < -0.39 is 9.84 Å². The molecule has 0 heterocycles. The molecule has 18 heavy (non-hydrogen) atoms. The van der Waals surface area contributed by atoms with Crippen LogP contribution < -0.4 is 5.73 Å². The van der Waals surface area contributed by atoms with Crippen LogP contribution in [0.5, 0.6) is 0 Å². The third-order valence-corrected chi connectivity index (χ3v) is 5.80. The summed E-state index contributed by atoms with van der Waals surface area (Å²) in [7, 11) is -3.25. The summed E-state index contributed by atoms with van der Waals surface area (Å²) in [5.41, 5.74) is 6.88. The van der Waals surface area contributed by atoms with Gasteiger partial charge in [0.2, 0.25) is 0 Å². The van der Waals surface area contributed by atoms with Crippen LogP contribution in [0.25, 0.3) is 0 Å². The highest BCUT2D eigenvalue weighted by atomic mass is 32.2. The molecule has 0 aromatic heterocycles. The van der Waals surface area contributed by atoms with Crippen LogP contribution in [0.15, 0.2) is 29.2 Å². The van der Waals surface area contributed by atoms with Gasteiger partial charge in [-0.1, -0.05) is 31.0 Å². The Morgan fingerprint density at radius 3 is 2.50 bits per heavy atom. The number of benzene rings is 1. The normalized spacial score (nSPS) is 19.0. The van der Waals surface area contributed by atoms with Gasteiger partial charge in [0.05, 0.1) is 10.6 Å². The zero-order valence-corrected chi connectivity index (χ0v) is 11.6. The van der Waals surface area contributed by atoms with Gasteiger partial charge in [-0.3, -0.25) is 0 Å². The lowest BCUT2D eigenvalue weighted by Gasteiger charge is -2.19. The fraction of sp³-hybridized carbons (Fsp3) is 0.571. The molecule has 1 aromatic rings. The summed E-state index contributed by atoms with van der Waals surface area (Å²) in [6.45, 7) is 1.83. The smallest absolute Gasteiger partial charge is 0.180 e. The lowest BCUT2D eigenvalue weighted by Crippen LogP contribution is -2.36. The highest BCUT2D eigenvalue weighted by Gasteiger charge is 2.27. The summed E-state index contributed by atoms with van der Waals surface area (Å²) in [6.07, 6.45) is 4.51. The van der Waals surface area contributed by atoms with E-state index in [9.17, 15) is 8.42 Å². The average Bonchev–Trinajstić information content (AvgIpc) is 2.82. The summed E-state index contributed by atoms with van der Waals surface area (Å²) in [5, 5.41) is 0. The summed E-state index contributed by atoms with van der Waals surface area (Å²) in [4.78, 5) is 0.429. The molecule has 0 radical (unpaired) electrons. The first kappa shape index (κ1) is 13.6. The number of rotatable bonds is 4. The summed E-state index contributed by atoms with van der Waals surface area (Å²) >= 11 is 0. The Labute approximate surface area is 109 Å². The van der Waals surface area contributed by atoms with Crippen molar-refractivity contribution >= 4 is 9.84 Å². The Bertz CT molecular complexity index is 504. The van der Waals surface area contributed by atoms with Gasteiger partial charge in [-0.25, -0.2) is 8.42 Å². The van der Waals surface area contributed by atoms with Gasteiger partial charge in [0, 0.05) is 6.04 Å². The zero-order chi connectivity index (χ0) is 13.2. The van der Waals surface area contributed by atoms with Crippen LogP contribution >= 0.6 is 0 Å². The number of sulfone groups is 1. The lowest BCUT2D eigenvalue weighted by molar-refractivity contribution is 0.455. The van der Waals surface area contributed by atoms with Gasteiger partial charge >= 0.3 is 0 Å². The molecular formula is C14H21NO2S.